The van der Waals surface area contributed by atoms with Gasteiger partial charge in [0.25, 0.3) is 0 Å². The van der Waals surface area contributed by atoms with Gasteiger partial charge in [-0.1, -0.05) is 19.1 Å². The van der Waals surface area contributed by atoms with Crippen molar-refractivity contribution in [2.45, 2.75) is 44.0 Å². The van der Waals surface area contributed by atoms with Crippen LogP contribution in [0.25, 0.3) is 0 Å². The lowest BCUT2D eigenvalue weighted by molar-refractivity contribution is -0.104. The molecule has 3 atom stereocenters. The molecule has 0 aromatic carbocycles. The van der Waals surface area contributed by atoms with Crippen LogP contribution in [0.15, 0.2) is 12.2 Å². The predicted molar refractivity (Wildman–Crippen MR) is 42.3 cm³/mol. The molecule has 1 fully saturated rings. The molecular formula is C9H14O2. The highest BCUT2D eigenvalue weighted by molar-refractivity contribution is 5.10. The van der Waals surface area contributed by atoms with Crippen LogP contribution in [0.3, 0.4) is 0 Å². The molecule has 2 heteroatoms. The van der Waals surface area contributed by atoms with Crippen LogP contribution in [0.2, 0.25) is 0 Å². The highest BCUT2D eigenvalue weighted by Crippen LogP contribution is 2.35. The van der Waals surface area contributed by atoms with E-state index in [2.05, 4.69) is 12.2 Å². The van der Waals surface area contributed by atoms with Gasteiger partial charge in [-0.05, 0) is 6.42 Å². The minimum atomic E-state index is -0.461. The first-order valence-corrected chi connectivity index (χ1v) is 4.28. The first-order chi connectivity index (χ1) is 5.22. The van der Waals surface area contributed by atoms with Crippen molar-refractivity contribution in [3.8, 4) is 0 Å². The van der Waals surface area contributed by atoms with Crippen LogP contribution in [-0.4, -0.2) is 22.9 Å². The summed E-state index contributed by atoms with van der Waals surface area (Å²) in [4.78, 5) is 0. The first kappa shape index (κ1) is 7.32. The van der Waals surface area contributed by atoms with Crippen LogP contribution < -0.4 is 0 Å². The highest BCUT2D eigenvalue weighted by Gasteiger charge is 2.39. The molecule has 2 bridgehead atoms. The van der Waals surface area contributed by atoms with E-state index in [4.69, 9.17) is 4.74 Å². The Balaban J connectivity index is 2.11. The Hall–Kier alpha value is -0.340. The van der Waals surface area contributed by atoms with Crippen LogP contribution in [0.4, 0.5) is 0 Å². The molecule has 0 aromatic rings. The van der Waals surface area contributed by atoms with Crippen LogP contribution in [0, 0.1) is 0 Å². The minimum absolute atomic E-state index is 0.179. The molecule has 2 rings (SSSR count). The van der Waals surface area contributed by atoms with Gasteiger partial charge in [0, 0.05) is 12.8 Å². The van der Waals surface area contributed by atoms with Crippen molar-refractivity contribution in [3.63, 3.8) is 0 Å². The topological polar surface area (TPSA) is 29.5 Å². The number of hydrogen-bond acceptors (Lipinski definition) is 2. The highest BCUT2D eigenvalue weighted by atomic mass is 16.5. The van der Waals surface area contributed by atoms with Gasteiger partial charge in [-0.15, -0.1) is 0 Å². The molecule has 11 heavy (non-hydrogen) atoms. The smallest absolute Gasteiger partial charge is 0.0792 e. The van der Waals surface area contributed by atoms with Gasteiger partial charge in [-0.2, -0.15) is 0 Å². The Morgan fingerprint density at radius 2 is 2.00 bits per heavy atom. The molecule has 0 radical (unpaired) electrons. The third kappa shape index (κ3) is 1.21. The summed E-state index contributed by atoms with van der Waals surface area (Å²) in [5, 5.41) is 9.94. The van der Waals surface area contributed by atoms with Crippen LogP contribution in [-0.2, 0) is 4.74 Å². The SMILES string of the molecule is CCC1(O)C[C@H]2C=C[C@@H](C1)O2. The molecule has 2 aliphatic rings. The number of rotatable bonds is 1. The van der Waals surface area contributed by atoms with Gasteiger partial charge in [-0.25, -0.2) is 0 Å². The van der Waals surface area contributed by atoms with Crippen LogP contribution in [0.1, 0.15) is 26.2 Å². The summed E-state index contributed by atoms with van der Waals surface area (Å²) < 4.78 is 5.52. The molecular weight excluding hydrogens is 140 g/mol. The Labute approximate surface area is 66.9 Å². The average molecular weight is 154 g/mol. The van der Waals surface area contributed by atoms with Gasteiger partial charge in [0.05, 0.1) is 17.8 Å². The molecule has 1 unspecified atom stereocenters. The van der Waals surface area contributed by atoms with Gasteiger partial charge in [-0.3, -0.25) is 0 Å². The molecule has 0 saturated carbocycles. The van der Waals surface area contributed by atoms with E-state index in [1.807, 2.05) is 6.92 Å². The lowest BCUT2D eigenvalue weighted by atomic mass is 9.87. The monoisotopic (exact) mass is 154 g/mol. The van der Waals surface area contributed by atoms with Crippen molar-refractivity contribution in [2.75, 3.05) is 0 Å². The maximum atomic E-state index is 9.94. The second-order valence-corrected chi connectivity index (χ2v) is 3.58. The summed E-state index contributed by atoms with van der Waals surface area (Å²) in [6.45, 7) is 2.03. The Kier molecular flexibility index (Phi) is 1.55. The number of aliphatic hydroxyl groups is 1. The van der Waals surface area contributed by atoms with Crippen molar-refractivity contribution in [1.29, 1.82) is 0 Å². The number of hydrogen-bond donors (Lipinski definition) is 1. The van der Waals surface area contributed by atoms with Gasteiger partial charge in [0.1, 0.15) is 0 Å². The van der Waals surface area contributed by atoms with Crippen LogP contribution in [0.5, 0.6) is 0 Å². The van der Waals surface area contributed by atoms with E-state index in [-0.39, 0.29) is 12.2 Å². The summed E-state index contributed by atoms with van der Waals surface area (Å²) in [6, 6.07) is 0. The van der Waals surface area contributed by atoms with E-state index >= 15 is 0 Å². The number of fused-ring (bicyclic) bond motifs is 2. The third-order valence-corrected chi connectivity index (χ3v) is 2.71. The van der Waals surface area contributed by atoms with Gasteiger partial charge < -0.3 is 9.84 Å². The Morgan fingerprint density at radius 3 is 2.45 bits per heavy atom. The van der Waals surface area contributed by atoms with E-state index in [0.717, 1.165) is 19.3 Å². The van der Waals surface area contributed by atoms with Crippen molar-refractivity contribution >= 4 is 0 Å². The van der Waals surface area contributed by atoms with Crippen LogP contribution >= 0.6 is 0 Å². The Bertz CT molecular complexity index is 172. The fourth-order valence-electron chi connectivity index (χ4n) is 1.92. The molecule has 2 aliphatic heterocycles. The van der Waals surface area contributed by atoms with Gasteiger partial charge in [0.15, 0.2) is 0 Å². The summed E-state index contributed by atoms with van der Waals surface area (Å²) in [6.07, 6.45) is 6.88. The first-order valence-electron chi connectivity index (χ1n) is 4.28. The average Bonchev–Trinajstić information content (AvgIpc) is 2.31. The summed E-state index contributed by atoms with van der Waals surface area (Å²) in [7, 11) is 0. The lowest BCUT2D eigenvalue weighted by Gasteiger charge is -2.35. The molecule has 0 spiro atoms. The zero-order valence-electron chi connectivity index (χ0n) is 6.79. The van der Waals surface area contributed by atoms with E-state index in [1.165, 1.54) is 0 Å². The standard InChI is InChI=1S/C9H14O2/c1-2-9(10)5-7-3-4-8(6-9)11-7/h3-4,7-8,10H,2,5-6H2,1H3/t7-,8+,9?. The Morgan fingerprint density at radius 1 is 1.45 bits per heavy atom. The molecule has 62 valence electrons. The van der Waals surface area contributed by atoms with Crippen molar-refractivity contribution in [3.05, 3.63) is 12.2 Å². The van der Waals surface area contributed by atoms with Gasteiger partial charge in [0.2, 0.25) is 0 Å². The van der Waals surface area contributed by atoms with Crippen molar-refractivity contribution < 1.29 is 9.84 Å². The number of ether oxygens (including phenoxy) is 1. The zero-order valence-corrected chi connectivity index (χ0v) is 6.79. The minimum Gasteiger partial charge on any atom is -0.390 e. The molecule has 2 nitrogen and oxygen atoms in total. The lowest BCUT2D eigenvalue weighted by Crippen LogP contribution is -2.40. The predicted octanol–water partition coefficient (Wildman–Crippen LogP) is 1.24. The summed E-state index contributed by atoms with van der Waals surface area (Å²) >= 11 is 0. The molecule has 0 amide bonds. The quantitative estimate of drug-likeness (QED) is 0.576. The van der Waals surface area contributed by atoms with Crippen molar-refractivity contribution in [2.24, 2.45) is 0 Å². The zero-order chi connectivity index (χ0) is 7.90. The fraction of sp³-hybridized carbons (Fsp3) is 0.778. The summed E-state index contributed by atoms with van der Waals surface area (Å²) in [5.74, 6) is 0. The second-order valence-electron chi connectivity index (χ2n) is 3.58. The fourth-order valence-corrected chi connectivity index (χ4v) is 1.92. The molecule has 0 aliphatic carbocycles. The van der Waals surface area contributed by atoms with Crippen molar-refractivity contribution in [1.82, 2.24) is 0 Å². The largest absolute Gasteiger partial charge is 0.390 e. The normalized spacial score (nSPS) is 48.2. The summed E-state index contributed by atoms with van der Waals surface area (Å²) in [5.41, 5.74) is -0.461. The maximum Gasteiger partial charge on any atom is 0.0792 e. The molecule has 1 N–H and O–H groups in total. The van der Waals surface area contributed by atoms with E-state index in [0.29, 0.717) is 0 Å². The van der Waals surface area contributed by atoms with Gasteiger partial charge >= 0.3 is 0 Å². The molecule has 1 saturated heterocycles. The second kappa shape index (κ2) is 2.32. The van der Waals surface area contributed by atoms with E-state index in [1.54, 1.807) is 0 Å². The maximum absolute atomic E-state index is 9.94. The molecule has 0 aromatic heterocycles. The van der Waals surface area contributed by atoms with E-state index < -0.39 is 5.60 Å². The third-order valence-electron chi connectivity index (χ3n) is 2.71. The van der Waals surface area contributed by atoms with E-state index in [9.17, 15) is 5.11 Å². The molecule has 2 heterocycles.